The van der Waals surface area contributed by atoms with Gasteiger partial charge in [-0.25, -0.2) is 4.79 Å². The highest BCUT2D eigenvalue weighted by atomic mass is 35.5. The van der Waals surface area contributed by atoms with E-state index in [-0.39, 0.29) is 10.7 Å². The maximum absolute atomic E-state index is 11.2. The third-order valence-electron chi connectivity index (χ3n) is 1.65. The molecule has 0 aromatic carbocycles. The molecule has 0 atom stereocenters. The molecule has 0 aliphatic carbocycles. The first-order chi connectivity index (χ1) is 6.11. The average Bonchev–Trinajstić information content (AvgIpc) is 2.40. The number of rotatable bonds is 2. The second-order valence-corrected chi connectivity index (χ2v) is 2.83. The number of hydrogen-bond acceptors (Lipinski definition) is 4. The molecule has 6 heteroatoms. The Hall–Kier alpha value is -1.20. The Balaban J connectivity index is 3.20. The maximum atomic E-state index is 11.2. The van der Waals surface area contributed by atoms with Crippen molar-refractivity contribution in [2.75, 3.05) is 12.5 Å². The van der Waals surface area contributed by atoms with Crippen molar-refractivity contribution in [1.82, 2.24) is 4.57 Å². The van der Waals surface area contributed by atoms with E-state index in [1.807, 2.05) is 0 Å². The van der Waals surface area contributed by atoms with Crippen LogP contribution in [0.15, 0.2) is 6.20 Å². The lowest BCUT2D eigenvalue weighted by Crippen LogP contribution is -2.08. The number of aryl methyl sites for hydroxylation is 1. The number of nitrogens with one attached hydrogen (secondary N) is 1. The lowest BCUT2D eigenvalue weighted by molar-refractivity contribution is 0.0590. The van der Waals surface area contributed by atoms with Gasteiger partial charge in [-0.15, -0.1) is 0 Å². The minimum absolute atomic E-state index is 0.261. The number of esters is 1. The fourth-order valence-electron chi connectivity index (χ4n) is 1.03. The highest BCUT2D eigenvalue weighted by Gasteiger charge is 2.18. The van der Waals surface area contributed by atoms with Gasteiger partial charge in [0.2, 0.25) is 0 Å². The van der Waals surface area contributed by atoms with Gasteiger partial charge >= 0.3 is 5.97 Å². The molecule has 0 radical (unpaired) electrons. The van der Waals surface area contributed by atoms with E-state index in [4.69, 9.17) is 17.4 Å². The van der Waals surface area contributed by atoms with Gasteiger partial charge in [0.1, 0.15) is 5.69 Å². The Morgan fingerprint density at radius 2 is 2.38 bits per heavy atom. The van der Waals surface area contributed by atoms with E-state index in [9.17, 15) is 4.79 Å². The minimum atomic E-state index is -0.492. The van der Waals surface area contributed by atoms with Crippen LogP contribution in [0, 0.1) is 0 Å². The molecule has 0 unspecified atom stereocenters. The molecule has 0 aliphatic heterocycles. The molecule has 0 bridgehead atoms. The zero-order valence-corrected chi connectivity index (χ0v) is 8.05. The van der Waals surface area contributed by atoms with Gasteiger partial charge in [0.15, 0.2) is 0 Å². The zero-order valence-electron chi connectivity index (χ0n) is 7.30. The molecule has 3 N–H and O–H groups in total. The van der Waals surface area contributed by atoms with Gasteiger partial charge in [0.25, 0.3) is 0 Å². The summed E-state index contributed by atoms with van der Waals surface area (Å²) in [5.41, 5.74) is 3.14. The summed E-state index contributed by atoms with van der Waals surface area (Å²) in [6, 6.07) is 0. The van der Waals surface area contributed by atoms with E-state index in [1.54, 1.807) is 17.8 Å². The summed E-state index contributed by atoms with van der Waals surface area (Å²) in [7, 11) is 2.97. The summed E-state index contributed by atoms with van der Waals surface area (Å²) < 4.78 is 6.09. The van der Waals surface area contributed by atoms with Gasteiger partial charge < -0.3 is 14.7 Å². The average molecular weight is 204 g/mol. The van der Waals surface area contributed by atoms with Crippen LogP contribution in [0.4, 0.5) is 5.69 Å². The highest BCUT2D eigenvalue weighted by Crippen LogP contribution is 2.27. The van der Waals surface area contributed by atoms with Gasteiger partial charge in [-0.1, -0.05) is 11.6 Å². The number of carbonyl (C=O) groups is 1. The first-order valence-corrected chi connectivity index (χ1v) is 3.89. The van der Waals surface area contributed by atoms with Crippen molar-refractivity contribution in [3.05, 3.63) is 16.9 Å². The molecule has 72 valence electrons. The number of anilines is 1. The molecule has 0 fully saturated rings. The Morgan fingerprint density at radius 1 is 1.77 bits per heavy atom. The zero-order chi connectivity index (χ0) is 10.0. The molecule has 0 amide bonds. The van der Waals surface area contributed by atoms with Crippen molar-refractivity contribution in [3.63, 3.8) is 0 Å². The number of hydrazine groups is 1. The normalized spacial score (nSPS) is 9.85. The smallest absolute Gasteiger partial charge is 0.356 e. The molecule has 1 aromatic rings. The summed E-state index contributed by atoms with van der Waals surface area (Å²) >= 11 is 5.84. The SMILES string of the molecule is COC(=O)c1c(Cl)c(NN)cn1C. The first kappa shape index (κ1) is 9.88. The van der Waals surface area contributed by atoms with Crippen LogP contribution in [-0.4, -0.2) is 17.6 Å². The lowest BCUT2D eigenvalue weighted by atomic mass is 10.4. The van der Waals surface area contributed by atoms with Crippen LogP contribution in [0.5, 0.6) is 0 Å². The molecule has 13 heavy (non-hydrogen) atoms. The second-order valence-electron chi connectivity index (χ2n) is 2.45. The number of halogens is 1. The van der Waals surface area contributed by atoms with E-state index < -0.39 is 5.97 Å². The summed E-state index contributed by atoms with van der Waals surface area (Å²) in [6.45, 7) is 0. The lowest BCUT2D eigenvalue weighted by Gasteiger charge is -2.00. The van der Waals surface area contributed by atoms with Crippen molar-refractivity contribution in [2.45, 2.75) is 0 Å². The standard InChI is InChI=1S/C7H10ClN3O2/c1-11-3-4(10-9)5(8)6(11)7(12)13-2/h3,10H,9H2,1-2H3. The second kappa shape index (κ2) is 3.68. The Labute approximate surface area is 80.4 Å². The van der Waals surface area contributed by atoms with Crippen molar-refractivity contribution < 1.29 is 9.53 Å². The predicted octanol–water partition coefficient (Wildman–Crippen LogP) is 0.751. The molecule has 1 aromatic heterocycles. The van der Waals surface area contributed by atoms with Crippen molar-refractivity contribution >= 4 is 23.3 Å². The maximum Gasteiger partial charge on any atom is 0.356 e. The van der Waals surface area contributed by atoms with Crippen LogP contribution >= 0.6 is 11.6 Å². The number of ether oxygens (including phenoxy) is 1. The summed E-state index contributed by atoms with van der Waals surface area (Å²) in [6.07, 6.45) is 1.61. The van der Waals surface area contributed by atoms with Crippen LogP contribution in [0.1, 0.15) is 10.5 Å². The molecule has 5 nitrogen and oxygen atoms in total. The third-order valence-corrected chi connectivity index (χ3v) is 2.04. The molecule has 1 heterocycles. The minimum Gasteiger partial charge on any atom is -0.464 e. The summed E-state index contributed by atoms with van der Waals surface area (Å²) in [5, 5.41) is 0.261. The Morgan fingerprint density at radius 3 is 2.77 bits per heavy atom. The topological polar surface area (TPSA) is 69.3 Å². The molecule has 1 rings (SSSR count). The van der Waals surface area contributed by atoms with Crippen molar-refractivity contribution in [2.24, 2.45) is 12.9 Å². The number of nitrogens with zero attached hydrogens (tertiary/aromatic N) is 1. The first-order valence-electron chi connectivity index (χ1n) is 3.51. The largest absolute Gasteiger partial charge is 0.464 e. The molecule has 0 saturated heterocycles. The predicted molar refractivity (Wildman–Crippen MR) is 49.6 cm³/mol. The van der Waals surface area contributed by atoms with E-state index >= 15 is 0 Å². The van der Waals surface area contributed by atoms with E-state index in [2.05, 4.69) is 10.2 Å². The number of aromatic nitrogens is 1. The summed E-state index contributed by atoms with van der Waals surface area (Å²) in [4.78, 5) is 11.2. The van der Waals surface area contributed by atoms with Gasteiger partial charge in [-0.3, -0.25) is 5.84 Å². The number of carbonyl (C=O) groups excluding carboxylic acids is 1. The third kappa shape index (κ3) is 1.61. The molecule has 0 aliphatic rings. The van der Waals surface area contributed by atoms with Gasteiger partial charge in [-0.2, -0.15) is 0 Å². The van der Waals surface area contributed by atoms with Crippen molar-refractivity contribution in [1.29, 1.82) is 0 Å². The quantitative estimate of drug-likeness (QED) is 0.423. The van der Waals surface area contributed by atoms with E-state index in [0.29, 0.717) is 5.69 Å². The Bertz CT molecular complexity index is 335. The van der Waals surface area contributed by atoms with Gasteiger partial charge in [0.05, 0.1) is 17.8 Å². The number of nitrogens with two attached hydrogens (primary N) is 1. The number of hydrogen-bond donors (Lipinski definition) is 2. The number of methoxy groups -OCH3 is 1. The summed E-state index contributed by atoms with van der Waals surface area (Å²) in [5.74, 6) is 4.68. The number of nitrogen functional groups attached to an aromatic ring is 1. The molecular weight excluding hydrogens is 194 g/mol. The van der Waals surface area contributed by atoms with Crippen molar-refractivity contribution in [3.8, 4) is 0 Å². The highest BCUT2D eigenvalue weighted by molar-refractivity contribution is 6.36. The van der Waals surface area contributed by atoms with Crippen LogP contribution in [0.3, 0.4) is 0 Å². The fraction of sp³-hybridized carbons (Fsp3) is 0.286. The van der Waals surface area contributed by atoms with Crippen LogP contribution in [0.25, 0.3) is 0 Å². The molecular formula is C7H10ClN3O2. The van der Waals surface area contributed by atoms with Crippen LogP contribution in [0.2, 0.25) is 5.02 Å². The van der Waals surface area contributed by atoms with E-state index in [1.165, 1.54) is 7.11 Å². The molecule has 0 saturated carbocycles. The van der Waals surface area contributed by atoms with Gasteiger partial charge in [0, 0.05) is 13.2 Å². The van der Waals surface area contributed by atoms with Crippen LogP contribution in [-0.2, 0) is 11.8 Å². The molecule has 0 spiro atoms. The Kier molecular flexibility index (Phi) is 2.79. The van der Waals surface area contributed by atoms with E-state index in [0.717, 1.165) is 0 Å². The fourth-order valence-corrected chi connectivity index (χ4v) is 1.34. The van der Waals surface area contributed by atoms with Gasteiger partial charge in [-0.05, 0) is 0 Å². The van der Waals surface area contributed by atoms with Crippen LogP contribution < -0.4 is 11.3 Å². The monoisotopic (exact) mass is 203 g/mol.